The Bertz CT molecular complexity index is 680. The van der Waals surface area contributed by atoms with Gasteiger partial charge in [0.1, 0.15) is 10.6 Å². The molecule has 0 aromatic carbocycles. The normalized spacial score (nSPS) is 17.0. The molecular formula is C17H28N2O4S. The average molecular weight is 356 g/mol. The predicted octanol–water partition coefficient (Wildman–Crippen LogP) is 2.79. The third-order valence-corrected chi connectivity index (χ3v) is 6.09. The molecule has 24 heavy (non-hydrogen) atoms. The molecule has 0 bridgehead atoms. The second-order valence-corrected chi connectivity index (χ2v) is 9.52. The molecule has 0 N–H and O–H groups in total. The summed E-state index contributed by atoms with van der Waals surface area (Å²) in [5, 5.41) is 0. The van der Waals surface area contributed by atoms with Gasteiger partial charge in [0.15, 0.2) is 0 Å². The summed E-state index contributed by atoms with van der Waals surface area (Å²) in [6, 6.07) is 1.42. The van der Waals surface area contributed by atoms with Crippen LogP contribution in [0.1, 0.15) is 56.9 Å². The first-order valence-corrected chi connectivity index (χ1v) is 9.89. The molecule has 1 aromatic rings. The number of aromatic nitrogens is 1. The molecule has 1 aliphatic rings. The van der Waals surface area contributed by atoms with Crippen LogP contribution in [-0.2, 0) is 21.8 Å². The van der Waals surface area contributed by atoms with Gasteiger partial charge in [0.05, 0.1) is 6.61 Å². The van der Waals surface area contributed by atoms with E-state index >= 15 is 0 Å². The molecule has 0 amide bonds. The van der Waals surface area contributed by atoms with Crippen molar-refractivity contribution in [1.82, 2.24) is 8.87 Å². The van der Waals surface area contributed by atoms with Gasteiger partial charge in [-0.2, -0.15) is 4.31 Å². The number of sulfonamides is 1. The van der Waals surface area contributed by atoms with Gasteiger partial charge in [-0.15, -0.1) is 0 Å². The van der Waals surface area contributed by atoms with Gasteiger partial charge in [-0.3, -0.25) is 0 Å². The summed E-state index contributed by atoms with van der Waals surface area (Å²) >= 11 is 0. The third kappa shape index (κ3) is 4.60. The Balaban J connectivity index is 2.10. The van der Waals surface area contributed by atoms with Crippen molar-refractivity contribution in [3.05, 3.63) is 18.0 Å². The standard InChI is InChI=1S/C17H28N2O4S/c1-17(2,3)8-11-23-16(20)15-12-14(13-18(15)4)24(21,22)19-9-6-5-7-10-19/h12-13H,5-11H2,1-4H3. The summed E-state index contributed by atoms with van der Waals surface area (Å²) in [7, 11) is -1.87. The SMILES string of the molecule is Cn1cc(S(=O)(=O)N2CCCCC2)cc1C(=O)OCCC(C)(C)C. The van der Waals surface area contributed by atoms with Crippen molar-refractivity contribution in [1.29, 1.82) is 0 Å². The topological polar surface area (TPSA) is 68.6 Å². The molecule has 1 aliphatic heterocycles. The number of carbonyl (C=O) groups excluding carboxylic acids is 1. The second kappa shape index (κ2) is 7.27. The fourth-order valence-electron chi connectivity index (χ4n) is 2.66. The van der Waals surface area contributed by atoms with E-state index in [2.05, 4.69) is 20.8 Å². The number of piperidine rings is 1. The summed E-state index contributed by atoms with van der Waals surface area (Å²) in [5.74, 6) is -0.484. The Morgan fingerprint density at radius 3 is 2.42 bits per heavy atom. The van der Waals surface area contributed by atoms with Crippen molar-refractivity contribution in [2.75, 3.05) is 19.7 Å². The lowest BCUT2D eigenvalue weighted by atomic mass is 9.93. The average Bonchev–Trinajstić information content (AvgIpc) is 2.89. The van der Waals surface area contributed by atoms with E-state index in [1.165, 1.54) is 21.1 Å². The number of esters is 1. The predicted molar refractivity (Wildman–Crippen MR) is 92.4 cm³/mol. The summed E-state index contributed by atoms with van der Waals surface area (Å²) in [6.07, 6.45) is 5.07. The van der Waals surface area contributed by atoms with E-state index < -0.39 is 16.0 Å². The number of hydrogen-bond acceptors (Lipinski definition) is 4. The van der Waals surface area contributed by atoms with Crippen molar-refractivity contribution < 1.29 is 17.9 Å². The van der Waals surface area contributed by atoms with Crippen molar-refractivity contribution in [3.8, 4) is 0 Å². The van der Waals surface area contributed by atoms with Crippen LogP contribution in [0.3, 0.4) is 0 Å². The van der Waals surface area contributed by atoms with Gasteiger partial charge >= 0.3 is 5.97 Å². The third-order valence-electron chi connectivity index (χ3n) is 4.23. The van der Waals surface area contributed by atoms with Crippen LogP contribution in [0.2, 0.25) is 0 Å². The van der Waals surface area contributed by atoms with Crippen LogP contribution in [0, 0.1) is 5.41 Å². The highest BCUT2D eigenvalue weighted by Crippen LogP contribution is 2.23. The zero-order valence-corrected chi connectivity index (χ0v) is 15.9. The minimum Gasteiger partial charge on any atom is -0.461 e. The molecule has 2 rings (SSSR count). The van der Waals surface area contributed by atoms with Crippen LogP contribution in [0.15, 0.2) is 17.2 Å². The highest BCUT2D eigenvalue weighted by molar-refractivity contribution is 7.89. The second-order valence-electron chi connectivity index (χ2n) is 7.58. The number of ether oxygens (including phenoxy) is 1. The summed E-state index contributed by atoms with van der Waals surface area (Å²) < 4.78 is 33.7. The molecule has 2 heterocycles. The molecule has 0 aliphatic carbocycles. The zero-order chi connectivity index (χ0) is 18.0. The maximum absolute atomic E-state index is 12.7. The molecule has 0 spiro atoms. The lowest BCUT2D eigenvalue weighted by Crippen LogP contribution is -2.35. The quantitative estimate of drug-likeness (QED) is 0.761. The van der Waals surface area contributed by atoms with Crippen LogP contribution >= 0.6 is 0 Å². The van der Waals surface area contributed by atoms with Crippen LogP contribution in [0.25, 0.3) is 0 Å². The van der Waals surface area contributed by atoms with Crippen LogP contribution < -0.4 is 0 Å². The highest BCUT2D eigenvalue weighted by Gasteiger charge is 2.28. The Morgan fingerprint density at radius 2 is 1.83 bits per heavy atom. The van der Waals surface area contributed by atoms with E-state index in [0.717, 1.165) is 25.7 Å². The fraction of sp³-hybridized carbons (Fsp3) is 0.706. The maximum Gasteiger partial charge on any atom is 0.354 e. The van der Waals surface area contributed by atoms with Crippen molar-refractivity contribution in [2.24, 2.45) is 12.5 Å². The smallest absolute Gasteiger partial charge is 0.354 e. The molecule has 0 atom stereocenters. The van der Waals surface area contributed by atoms with Gasteiger partial charge < -0.3 is 9.30 Å². The monoisotopic (exact) mass is 356 g/mol. The number of hydrogen-bond donors (Lipinski definition) is 0. The number of carbonyl (C=O) groups is 1. The molecule has 1 aromatic heterocycles. The largest absolute Gasteiger partial charge is 0.461 e. The molecule has 6 nitrogen and oxygen atoms in total. The van der Waals surface area contributed by atoms with Gasteiger partial charge in [-0.25, -0.2) is 13.2 Å². The van der Waals surface area contributed by atoms with Crippen LogP contribution in [0.5, 0.6) is 0 Å². The molecule has 136 valence electrons. The first kappa shape index (κ1) is 19.0. The van der Waals surface area contributed by atoms with Gasteiger partial charge in [-0.05, 0) is 30.7 Å². The van der Waals surface area contributed by atoms with E-state index in [1.54, 1.807) is 7.05 Å². The Kier molecular flexibility index (Phi) is 5.75. The van der Waals surface area contributed by atoms with E-state index in [9.17, 15) is 13.2 Å². The molecule has 7 heteroatoms. The van der Waals surface area contributed by atoms with Gasteiger partial charge in [-0.1, -0.05) is 27.2 Å². The molecule has 0 saturated carbocycles. The maximum atomic E-state index is 12.7. The lowest BCUT2D eigenvalue weighted by Gasteiger charge is -2.25. The molecular weight excluding hydrogens is 328 g/mol. The molecule has 1 saturated heterocycles. The van der Waals surface area contributed by atoms with Crippen molar-refractivity contribution >= 4 is 16.0 Å². The summed E-state index contributed by atoms with van der Waals surface area (Å²) in [5.41, 5.74) is 0.344. The van der Waals surface area contributed by atoms with E-state index in [0.29, 0.717) is 19.7 Å². The summed E-state index contributed by atoms with van der Waals surface area (Å²) in [4.78, 5) is 12.4. The Morgan fingerprint density at radius 1 is 1.21 bits per heavy atom. The minimum atomic E-state index is -3.54. The zero-order valence-electron chi connectivity index (χ0n) is 15.0. The van der Waals surface area contributed by atoms with E-state index in [-0.39, 0.29) is 16.0 Å². The van der Waals surface area contributed by atoms with Crippen molar-refractivity contribution in [3.63, 3.8) is 0 Å². The summed E-state index contributed by atoms with van der Waals surface area (Å²) in [6.45, 7) is 7.64. The van der Waals surface area contributed by atoms with Crippen molar-refractivity contribution in [2.45, 2.75) is 51.3 Å². The Hall–Kier alpha value is -1.34. The highest BCUT2D eigenvalue weighted by atomic mass is 32.2. The van der Waals surface area contributed by atoms with E-state index in [1.807, 2.05) is 0 Å². The van der Waals surface area contributed by atoms with E-state index in [4.69, 9.17) is 4.74 Å². The fourth-order valence-corrected chi connectivity index (χ4v) is 4.25. The first-order chi connectivity index (χ1) is 11.1. The number of rotatable bonds is 5. The lowest BCUT2D eigenvalue weighted by molar-refractivity contribution is 0.0454. The van der Waals surface area contributed by atoms with Crippen LogP contribution in [-0.4, -0.2) is 43.0 Å². The molecule has 0 unspecified atom stereocenters. The van der Waals surface area contributed by atoms with Crippen LogP contribution in [0.4, 0.5) is 0 Å². The molecule has 0 radical (unpaired) electrons. The molecule has 1 fully saturated rings. The Labute approximate surface area is 144 Å². The van der Waals surface area contributed by atoms with Gasteiger partial charge in [0, 0.05) is 26.3 Å². The van der Waals surface area contributed by atoms with Gasteiger partial charge in [0.25, 0.3) is 0 Å². The minimum absolute atomic E-state index is 0.0806. The number of nitrogens with zero attached hydrogens (tertiary/aromatic N) is 2. The van der Waals surface area contributed by atoms with Gasteiger partial charge in [0.2, 0.25) is 10.0 Å². The number of aryl methyl sites for hydroxylation is 1. The first-order valence-electron chi connectivity index (χ1n) is 8.45.